The minimum atomic E-state index is -3.80. The van der Waals surface area contributed by atoms with Gasteiger partial charge in [-0.05, 0) is 34.9 Å². The van der Waals surface area contributed by atoms with E-state index in [2.05, 4.69) is 0 Å². The maximum Gasteiger partial charge on any atom is 0.305 e. The van der Waals surface area contributed by atoms with Gasteiger partial charge in [0.2, 0.25) is 0 Å². The van der Waals surface area contributed by atoms with E-state index < -0.39 is 22.0 Å². The number of hydrogen-bond acceptors (Lipinski definition) is 3. The fraction of sp³-hybridized carbons (Fsp3) is 0.0952. The number of rotatable bonds is 4. The van der Waals surface area contributed by atoms with Crippen LogP contribution in [0.3, 0.4) is 0 Å². The van der Waals surface area contributed by atoms with Gasteiger partial charge in [-0.3, -0.25) is 9.10 Å². The standard InChI is InChI=1S/C21H17NO4S/c23-21(24)14-19-18-8-4-5-9-20(18)27(25,26)22(19)17-12-10-16(11-13-17)15-6-2-1-3-7-15/h1-13,19H,14H2,(H,23,24). The molecule has 3 aromatic carbocycles. The van der Waals surface area contributed by atoms with E-state index in [9.17, 15) is 18.3 Å². The predicted octanol–water partition coefficient (Wildman–Crippen LogP) is 4.08. The molecule has 136 valence electrons. The van der Waals surface area contributed by atoms with Crippen molar-refractivity contribution in [2.75, 3.05) is 4.31 Å². The zero-order chi connectivity index (χ0) is 19.0. The first-order valence-corrected chi connectivity index (χ1v) is 9.93. The van der Waals surface area contributed by atoms with Crippen LogP contribution in [0.25, 0.3) is 11.1 Å². The molecule has 0 saturated carbocycles. The molecule has 0 aromatic heterocycles. The van der Waals surface area contributed by atoms with Crippen molar-refractivity contribution >= 4 is 21.7 Å². The highest BCUT2D eigenvalue weighted by molar-refractivity contribution is 7.93. The second-order valence-corrected chi connectivity index (χ2v) is 8.15. The van der Waals surface area contributed by atoms with Crippen LogP contribution in [0.2, 0.25) is 0 Å². The van der Waals surface area contributed by atoms with Gasteiger partial charge in [0.05, 0.1) is 23.0 Å². The van der Waals surface area contributed by atoms with Crippen LogP contribution in [0.15, 0.2) is 83.8 Å². The summed E-state index contributed by atoms with van der Waals surface area (Å²) in [6.45, 7) is 0. The number of carboxylic acid groups (broad SMARTS) is 1. The lowest BCUT2D eigenvalue weighted by molar-refractivity contribution is -0.137. The molecule has 0 amide bonds. The molecule has 0 radical (unpaired) electrons. The number of anilines is 1. The number of hydrogen-bond donors (Lipinski definition) is 1. The topological polar surface area (TPSA) is 74.7 Å². The number of carboxylic acids is 1. The van der Waals surface area contributed by atoms with E-state index in [0.29, 0.717) is 11.3 Å². The Labute approximate surface area is 157 Å². The number of carbonyl (C=O) groups is 1. The Hall–Kier alpha value is -3.12. The van der Waals surface area contributed by atoms with Gasteiger partial charge in [0.25, 0.3) is 10.0 Å². The minimum Gasteiger partial charge on any atom is -0.481 e. The summed E-state index contributed by atoms with van der Waals surface area (Å²) in [5.41, 5.74) is 2.96. The quantitative estimate of drug-likeness (QED) is 0.741. The molecule has 1 aliphatic heterocycles. The van der Waals surface area contributed by atoms with E-state index in [-0.39, 0.29) is 11.3 Å². The average Bonchev–Trinajstić information content (AvgIpc) is 2.89. The Morgan fingerprint density at radius 1 is 0.852 bits per heavy atom. The van der Waals surface area contributed by atoms with Crippen molar-refractivity contribution < 1.29 is 18.3 Å². The van der Waals surface area contributed by atoms with Gasteiger partial charge in [-0.15, -0.1) is 0 Å². The fourth-order valence-corrected chi connectivity index (χ4v) is 5.39. The van der Waals surface area contributed by atoms with Gasteiger partial charge in [0.1, 0.15) is 0 Å². The third-order valence-corrected chi connectivity index (χ3v) is 6.61. The van der Waals surface area contributed by atoms with Crippen molar-refractivity contribution in [3.63, 3.8) is 0 Å². The fourth-order valence-electron chi connectivity index (χ4n) is 3.50. The molecule has 5 nitrogen and oxygen atoms in total. The Bertz CT molecular complexity index is 1090. The van der Waals surface area contributed by atoms with Gasteiger partial charge >= 0.3 is 5.97 Å². The van der Waals surface area contributed by atoms with Crippen molar-refractivity contribution in [3.05, 3.63) is 84.4 Å². The third-order valence-electron chi connectivity index (χ3n) is 4.69. The highest BCUT2D eigenvalue weighted by Crippen LogP contribution is 2.44. The first kappa shape index (κ1) is 17.3. The molecule has 1 N–H and O–H groups in total. The Morgan fingerprint density at radius 2 is 1.44 bits per heavy atom. The number of benzene rings is 3. The summed E-state index contributed by atoms with van der Waals surface area (Å²) in [4.78, 5) is 11.5. The van der Waals surface area contributed by atoms with E-state index in [1.807, 2.05) is 42.5 Å². The summed E-state index contributed by atoms with van der Waals surface area (Å²) in [6, 6.07) is 22.7. The molecule has 0 saturated heterocycles. The van der Waals surface area contributed by atoms with Crippen LogP contribution in [0.4, 0.5) is 5.69 Å². The summed E-state index contributed by atoms with van der Waals surface area (Å²) >= 11 is 0. The molecule has 0 bridgehead atoms. The SMILES string of the molecule is O=C(O)CC1c2ccccc2S(=O)(=O)N1c1ccc(-c2ccccc2)cc1. The Balaban J connectivity index is 1.78. The highest BCUT2D eigenvalue weighted by atomic mass is 32.2. The molecule has 6 heteroatoms. The number of sulfonamides is 1. The Kier molecular flexibility index (Phi) is 4.20. The zero-order valence-electron chi connectivity index (χ0n) is 14.3. The van der Waals surface area contributed by atoms with Crippen molar-refractivity contribution in [3.8, 4) is 11.1 Å². The molecule has 1 heterocycles. The monoisotopic (exact) mass is 379 g/mol. The van der Waals surface area contributed by atoms with E-state index in [4.69, 9.17) is 0 Å². The molecular weight excluding hydrogens is 362 g/mol. The van der Waals surface area contributed by atoms with Crippen LogP contribution >= 0.6 is 0 Å². The Morgan fingerprint density at radius 3 is 2.11 bits per heavy atom. The molecule has 0 aliphatic carbocycles. The number of aliphatic carboxylic acids is 1. The van der Waals surface area contributed by atoms with Crippen LogP contribution in [-0.4, -0.2) is 19.5 Å². The van der Waals surface area contributed by atoms with Crippen molar-refractivity contribution in [1.82, 2.24) is 0 Å². The second-order valence-electron chi connectivity index (χ2n) is 6.37. The van der Waals surface area contributed by atoms with Crippen LogP contribution in [-0.2, 0) is 14.8 Å². The van der Waals surface area contributed by atoms with Gasteiger partial charge in [0, 0.05) is 0 Å². The zero-order valence-corrected chi connectivity index (χ0v) is 15.1. The maximum atomic E-state index is 13.1. The van der Waals surface area contributed by atoms with Crippen LogP contribution < -0.4 is 4.31 Å². The summed E-state index contributed by atoms with van der Waals surface area (Å²) in [5.74, 6) is -1.04. The third kappa shape index (κ3) is 2.98. The van der Waals surface area contributed by atoms with E-state index >= 15 is 0 Å². The van der Waals surface area contributed by atoms with Crippen molar-refractivity contribution in [2.45, 2.75) is 17.4 Å². The van der Waals surface area contributed by atoms with Gasteiger partial charge in [-0.2, -0.15) is 0 Å². The van der Waals surface area contributed by atoms with Gasteiger partial charge < -0.3 is 5.11 Å². The van der Waals surface area contributed by atoms with E-state index in [0.717, 1.165) is 11.1 Å². The van der Waals surface area contributed by atoms with Crippen LogP contribution in [0.1, 0.15) is 18.0 Å². The second kappa shape index (κ2) is 6.55. The molecule has 0 spiro atoms. The molecular formula is C21H17NO4S. The van der Waals surface area contributed by atoms with Gasteiger partial charge in [-0.1, -0.05) is 60.7 Å². The van der Waals surface area contributed by atoms with Gasteiger partial charge in [-0.25, -0.2) is 8.42 Å². The predicted molar refractivity (Wildman–Crippen MR) is 103 cm³/mol. The first-order chi connectivity index (χ1) is 13.0. The molecule has 1 unspecified atom stereocenters. The minimum absolute atomic E-state index is 0.170. The average molecular weight is 379 g/mol. The molecule has 27 heavy (non-hydrogen) atoms. The smallest absolute Gasteiger partial charge is 0.305 e. The largest absolute Gasteiger partial charge is 0.481 e. The van der Waals surface area contributed by atoms with Crippen molar-refractivity contribution in [1.29, 1.82) is 0 Å². The van der Waals surface area contributed by atoms with Crippen LogP contribution in [0, 0.1) is 0 Å². The lowest BCUT2D eigenvalue weighted by atomic mass is 10.0. The van der Waals surface area contributed by atoms with Crippen LogP contribution in [0.5, 0.6) is 0 Å². The molecule has 3 aromatic rings. The van der Waals surface area contributed by atoms with Gasteiger partial charge in [0.15, 0.2) is 0 Å². The highest BCUT2D eigenvalue weighted by Gasteiger charge is 2.43. The van der Waals surface area contributed by atoms with E-state index in [1.54, 1.807) is 30.3 Å². The lowest BCUT2D eigenvalue weighted by Crippen LogP contribution is -2.29. The van der Waals surface area contributed by atoms with E-state index in [1.165, 1.54) is 10.4 Å². The molecule has 0 fully saturated rings. The summed E-state index contributed by atoms with van der Waals surface area (Å²) in [7, 11) is -3.80. The summed E-state index contributed by atoms with van der Waals surface area (Å²) < 4.78 is 27.4. The molecule has 4 rings (SSSR count). The normalized spacial score (nSPS) is 17.5. The number of nitrogens with zero attached hydrogens (tertiary/aromatic N) is 1. The summed E-state index contributed by atoms with van der Waals surface area (Å²) in [6.07, 6.45) is -0.295. The molecule has 1 atom stereocenters. The maximum absolute atomic E-state index is 13.1. The first-order valence-electron chi connectivity index (χ1n) is 8.49. The number of fused-ring (bicyclic) bond motifs is 1. The molecule has 1 aliphatic rings. The van der Waals surface area contributed by atoms with Crippen molar-refractivity contribution in [2.24, 2.45) is 0 Å². The summed E-state index contributed by atoms with van der Waals surface area (Å²) in [5, 5.41) is 9.31. The lowest BCUT2D eigenvalue weighted by Gasteiger charge is -2.25.